The first-order valence-electron chi connectivity index (χ1n) is 11.4. The van der Waals surface area contributed by atoms with Crippen LogP contribution in [-0.2, 0) is 11.8 Å². The van der Waals surface area contributed by atoms with Gasteiger partial charge < -0.3 is 19.1 Å². The van der Waals surface area contributed by atoms with Crippen molar-refractivity contribution in [3.8, 4) is 23.3 Å². The smallest absolute Gasteiger partial charge is 0.203 e. The molecule has 0 aliphatic rings. The molecule has 34 heavy (non-hydrogen) atoms. The number of likely N-dealkylation sites (N-methyl/N-ethyl adjacent to an activating group) is 1. The van der Waals surface area contributed by atoms with Crippen LogP contribution < -0.4 is 14.2 Å². The van der Waals surface area contributed by atoms with Gasteiger partial charge in [-0.15, -0.1) is 0 Å². The zero-order valence-electron chi connectivity index (χ0n) is 21.0. The maximum absolute atomic E-state index is 10.3. The van der Waals surface area contributed by atoms with Crippen molar-refractivity contribution in [3.63, 3.8) is 0 Å². The number of methoxy groups -OCH3 is 3. The minimum Gasteiger partial charge on any atom is -0.493 e. The summed E-state index contributed by atoms with van der Waals surface area (Å²) in [5.41, 5.74) is 10.6. The van der Waals surface area contributed by atoms with Crippen LogP contribution in [0.25, 0.3) is 10.4 Å². The van der Waals surface area contributed by atoms with Crippen LogP contribution in [0.4, 0.5) is 5.69 Å². The Balaban J connectivity index is 2.12. The minimum absolute atomic E-state index is 0.0917. The van der Waals surface area contributed by atoms with Gasteiger partial charge in [0.25, 0.3) is 0 Å². The summed E-state index contributed by atoms with van der Waals surface area (Å²) in [5.74, 6) is 1.72. The monoisotopic (exact) mass is 465 g/mol. The molecule has 0 amide bonds. The lowest BCUT2D eigenvalue weighted by molar-refractivity contribution is 0.290. The van der Waals surface area contributed by atoms with Gasteiger partial charge in [0.2, 0.25) is 5.75 Å². The van der Waals surface area contributed by atoms with Gasteiger partial charge in [0, 0.05) is 17.1 Å². The number of azide groups is 1. The molecular formula is C26H35N5O3. The van der Waals surface area contributed by atoms with Crippen molar-refractivity contribution in [3.05, 3.63) is 58.0 Å². The van der Waals surface area contributed by atoms with E-state index in [2.05, 4.69) is 41.9 Å². The Bertz CT molecular complexity index is 1020. The quantitative estimate of drug-likeness (QED) is 0.204. The lowest BCUT2D eigenvalue weighted by Gasteiger charge is -2.33. The van der Waals surface area contributed by atoms with E-state index in [1.165, 1.54) is 0 Å². The Hall–Kier alpha value is -3.40. The molecule has 0 spiro atoms. The molecule has 0 fully saturated rings. The average molecular weight is 466 g/mol. The Labute approximate surface area is 202 Å². The predicted molar refractivity (Wildman–Crippen MR) is 134 cm³/mol. The average Bonchev–Trinajstić information content (AvgIpc) is 2.84. The van der Waals surface area contributed by atoms with E-state index in [1.54, 1.807) is 27.4 Å². The third-order valence-electron chi connectivity index (χ3n) is 6.33. The Morgan fingerprint density at radius 1 is 1.09 bits per heavy atom. The molecule has 0 heterocycles. The largest absolute Gasteiger partial charge is 0.493 e. The predicted octanol–water partition coefficient (Wildman–Crippen LogP) is 6.03. The lowest BCUT2D eigenvalue weighted by atomic mass is 9.69. The topological polar surface area (TPSA) is 103 Å². The minimum atomic E-state index is -0.683. The Morgan fingerprint density at radius 3 is 2.29 bits per heavy atom. The molecule has 0 N–H and O–H groups in total. The van der Waals surface area contributed by atoms with Crippen LogP contribution in [0.2, 0.25) is 0 Å². The first-order valence-corrected chi connectivity index (χ1v) is 11.4. The van der Waals surface area contributed by atoms with E-state index >= 15 is 0 Å². The van der Waals surface area contributed by atoms with E-state index in [-0.39, 0.29) is 5.92 Å². The third kappa shape index (κ3) is 6.34. The molecule has 0 aromatic heterocycles. The molecule has 8 heteroatoms. The number of hydrogen-bond acceptors (Lipinski definition) is 6. The second-order valence-electron chi connectivity index (χ2n) is 8.67. The van der Waals surface area contributed by atoms with E-state index in [4.69, 9.17) is 19.7 Å². The maximum atomic E-state index is 10.3. The van der Waals surface area contributed by atoms with Crippen LogP contribution in [0.15, 0.2) is 41.5 Å². The van der Waals surface area contributed by atoms with Gasteiger partial charge >= 0.3 is 0 Å². The fraction of sp³-hybridized carbons (Fsp3) is 0.500. The van der Waals surface area contributed by atoms with Gasteiger partial charge in [0.1, 0.15) is 0 Å². The van der Waals surface area contributed by atoms with Crippen LogP contribution in [0.3, 0.4) is 0 Å². The molecule has 0 bridgehead atoms. The number of benzene rings is 2. The molecule has 2 aromatic carbocycles. The SMILES string of the molecule is COc1cc(C(C#N)(CCCN(C)CCc2cccc(N=[N+]=[N-])c2)C(C)C)cc(OC)c1OC. The first kappa shape index (κ1) is 26.8. The molecule has 0 aliphatic heterocycles. The summed E-state index contributed by atoms with van der Waals surface area (Å²) in [6, 6.07) is 14.0. The molecule has 0 saturated carbocycles. The van der Waals surface area contributed by atoms with Crippen LogP contribution in [0.1, 0.15) is 37.8 Å². The molecule has 2 rings (SSSR count). The van der Waals surface area contributed by atoms with Gasteiger partial charge in [-0.1, -0.05) is 37.2 Å². The highest BCUT2D eigenvalue weighted by molar-refractivity contribution is 5.56. The van der Waals surface area contributed by atoms with Crippen LogP contribution in [0, 0.1) is 17.2 Å². The number of ether oxygens (including phenoxy) is 3. The van der Waals surface area contributed by atoms with E-state index in [1.807, 2.05) is 30.3 Å². The molecule has 1 atom stereocenters. The summed E-state index contributed by atoms with van der Waals surface area (Å²) in [7, 11) is 6.83. The van der Waals surface area contributed by atoms with Crippen LogP contribution in [-0.4, -0.2) is 46.4 Å². The van der Waals surface area contributed by atoms with E-state index in [0.717, 1.165) is 37.1 Å². The molecule has 1 unspecified atom stereocenters. The Morgan fingerprint density at radius 2 is 1.76 bits per heavy atom. The van der Waals surface area contributed by atoms with E-state index in [0.29, 0.717) is 29.4 Å². The molecule has 182 valence electrons. The van der Waals surface area contributed by atoms with Crippen molar-refractivity contribution in [2.75, 3.05) is 41.5 Å². The fourth-order valence-electron chi connectivity index (χ4n) is 4.24. The third-order valence-corrected chi connectivity index (χ3v) is 6.33. The van der Waals surface area contributed by atoms with Crippen molar-refractivity contribution in [1.29, 1.82) is 5.26 Å². The summed E-state index contributed by atoms with van der Waals surface area (Å²) >= 11 is 0. The number of nitriles is 1. The molecular weight excluding hydrogens is 430 g/mol. The van der Waals surface area contributed by atoms with Crippen molar-refractivity contribution in [2.45, 2.75) is 38.5 Å². The normalized spacial score (nSPS) is 12.6. The molecule has 8 nitrogen and oxygen atoms in total. The second kappa shape index (κ2) is 12.7. The number of nitrogens with zero attached hydrogens (tertiary/aromatic N) is 5. The van der Waals surface area contributed by atoms with Gasteiger partial charge in [-0.25, -0.2) is 0 Å². The van der Waals surface area contributed by atoms with Gasteiger partial charge in [0.05, 0.1) is 32.8 Å². The maximum Gasteiger partial charge on any atom is 0.203 e. The second-order valence-corrected chi connectivity index (χ2v) is 8.67. The molecule has 0 saturated heterocycles. The molecule has 0 aliphatic carbocycles. The standard InChI is InChI=1S/C26H35N5O3/c1-19(2)26(18-27,21-16-23(32-4)25(34-6)24(17-21)33-5)12-8-13-31(3)14-11-20-9-7-10-22(15-20)29-30-28/h7,9-10,15-17,19H,8,11-14H2,1-6H3. The first-order chi connectivity index (χ1) is 16.3. The molecule has 2 aromatic rings. The van der Waals surface area contributed by atoms with Crippen molar-refractivity contribution >= 4 is 5.69 Å². The van der Waals surface area contributed by atoms with E-state index in [9.17, 15) is 5.26 Å². The van der Waals surface area contributed by atoms with Crippen molar-refractivity contribution < 1.29 is 14.2 Å². The van der Waals surface area contributed by atoms with Gasteiger partial charge in [-0.2, -0.15) is 5.26 Å². The fourth-order valence-corrected chi connectivity index (χ4v) is 4.24. The number of hydrogen-bond donors (Lipinski definition) is 0. The summed E-state index contributed by atoms with van der Waals surface area (Å²) in [5, 5.41) is 14.0. The summed E-state index contributed by atoms with van der Waals surface area (Å²) < 4.78 is 16.5. The number of rotatable bonds is 13. The van der Waals surface area contributed by atoms with Crippen LogP contribution >= 0.6 is 0 Å². The van der Waals surface area contributed by atoms with E-state index < -0.39 is 5.41 Å². The van der Waals surface area contributed by atoms with Gasteiger partial charge in [-0.05, 0) is 73.6 Å². The van der Waals surface area contributed by atoms with Crippen LogP contribution in [0.5, 0.6) is 17.2 Å². The zero-order chi connectivity index (χ0) is 25.1. The van der Waals surface area contributed by atoms with Gasteiger partial charge in [0.15, 0.2) is 11.5 Å². The summed E-state index contributed by atoms with van der Waals surface area (Å²) in [4.78, 5) is 5.11. The highest BCUT2D eigenvalue weighted by Gasteiger charge is 2.37. The zero-order valence-corrected chi connectivity index (χ0v) is 21.0. The Kier molecular flexibility index (Phi) is 10.1. The highest BCUT2D eigenvalue weighted by Crippen LogP contribution is 2.45. The summed E-state index contributed by atoms with van der Waals surface area (Å²) in [6.07, 6.45) is 2.42. The highest BCUT2D eigenvalue weighted by atomic mass is 16.5. The van der Waals surface area contributed by atoms with Gasteiger partial charge in [-0.3, -0.25) is 0 Å². The summed E-state index contributed by atoms with van der Waals surface area (Å²) in [6.45, 7) is 5.88. The van der Waals surface area contributed by atoms with Crippen molar-refractivity contribution in [1.82, 2.24) is 4.90 Å². The lowest BCUT2D eigenvalue weighted by Crippen LogP contribution is -2.32. The van der Waals surface area contributed by atoms with Crippen molar-refractivity contribution in [2.24, 2.45) is 11.0 Å². The molecule has 0 radical (unpaired) electrons.